The second kappa shape index (κ2) is 6.46. The fourth-order valence-electron chi connectivity index (χ4n) is 3.21. The van der Waals surface area contributed by atoms with Crippen molar-refractivity contribution in [3.05, 3.63) is 66.1 Å². The van der Waals surface area contributed by atoms with Crippen molar-refractivity contribution in [2.75, 3.05) is 7.11 Å². The van der Waals surface area contributed by atoms with Crippen molar-refractivity contribution in [3.8, 4) is 5.75 Å². The van der Waals surface area contributed by atoms with E-state index in [0.29, 0.717) is 12.1 Å². The Morgan fingerprint density at radius 3 is 2.56 bits per heavy atom. The lowest BCUT2D eigenvalue weighted by atomic mass is 10.2. The van der Waals surface area contributed by atoms with E-state index >= 15 is 0 Å². The van der Waals surface area contributed by atoms with E-state index in [0.717, 1.165) is 22.0 Å². The second-order valence-corrected chi connectivity index (χ2v) is 7.78. The summed E-state index contributed by atoms with van der Waals surface area (Å²) in [6, 6.07) is 12.9. The van der Waals surface area contributed by atoms with Gasteiger partial charge in [0.1, 0.15) is 0 Å². The number of pyridine rings is 1. The standard InChI is InChI=1S/C19H16FN2O4P/c1-26-18-9-14-17(10-15(18)20)22(16-3-2-8-21-19(14)16)11-12-4-6-13(7-5-12)27(23,24)25/h2-10H,11H2,1H3,(H2,23,24,25). The maximum Gasteiger partial charge on any atom is 0.356 e. The molecule has 0 aliphatic rings. The zero-order chi connectivity index (χ0) is 19.2. The Bertz CT molecular complexity index is 1200. The zero-order valence-corrected chi connectivity index (χ0v) is 15.2. The first-order valence-electron chi connectivity index (χ1n) is 8.14. The molecule has 2 N–H and O–H groups in total. The van der Waals surface area contributed by atoms with Crippen LogP contribution in [-0.2, 0) is 11.1 Å². The fraction of sp³-hybridized carbons (Fsp3) is 0.105. The van der Waals surface area contributed by atoms with Gasteiger partial charge < -0.3 is 19.1 Å². The van der Waals surface area contributed by atoms with Crippen molar-refractivity contribution >= 4 is 34.8 Å². The summed E-state index contributed by atoms with van der Waals surface area (Å²) < 4.78 is 32.7. The maximum absolute atomic E-state index is 14.3. The quantitative estimate of drug-likeness (QED) is 0.526. The lowest BCUT2D eigenvalue weighted by Crippen LogP contribution is -2.05. The summed E-state index contributed by atoms with van der Waals surface area (Å²) in [4.78, 5) is 22.9. The fourth-order valence-corrected chi connectivity index (χ4v) is 3.75. The van der Waals surface area contributed by atoms with Gasteiger partial charge in [0.15, 0.2) is 11.6 Å². The van der Waals surface area contributed by atoms with Crippen LogP contribution in [0, 0.1) is 5.82 Å². The first-order chi connectivity index (χ1) is 12.9. The number of rotatable bonds is 4. The van der Waals surface area contributed by atoms with Crippen LogP contribution in [0.15, 0.2) is 54.7 Å². The number of benzene rings is 2. The van der Waals surface area contributed by atoms with Gasteiger partial charge in [0, 0.05) is 24.2 Å². The van der Waals surface area contributed by atoms with Crippen LogP contribution in [0.3, 0.4) is 0 Å². The summed E-state index contributed by atoms with van der Waals surface area (Å²) in [5.74, 6) is -0.316. The minimum Gasteiger partial charge on any atom is -0.494 e. The van der Waals surface area contributed by atoms with Gasteiger partial charge in [-0.25, -0.2) is 4.39 Å². The average Bonchev–Trinajstić information content (AvgIpc) is 2.94. The van der Waals surface area contributed by atoms with E-state index in [1.807, 2.05) is 16.7 Å². The number of fused-ring (bicyclic) bond motifs is 3. The topological polar surface area (TPSA) is 84.6 Å². The monoisotopic (exact) mass is 386 g/mol. The van der Waals surface area contributed by atoms with Crippen LogP contribution < -0.4 is 10.0 Å². The van der Waals surface area contributed by atoms with Crippen LogP contribution in [0.5, 0.6) is 5.75 Å². The number of ether oxygens (including phenoxy) is 1. The third kappa shape index (κ3) is 3.10. The van der Waals surface area contributed by atoms with Crippen LogP contribution in [0.2, 0.25) is 0 Å². The number of hydrogen-bond acceptors (Lipinski definition) is 3. The van der Waals surface area contributed by atoms with Crippen molar-refractivity contribution in [1.29, 1.82) is 0 Å². The summed E-state index contributed by atoms with van der Waals surface area (Å²) in [5.41, 5.74) is 3.06. The van der Waals surface area contributed by atoms with Crippen molar-refractivity contribution in [2.24, 2.45) is 0 Å². The van der Waals surface area contributed by atoms with Crippen LogP contribution in [0.1, 0.15) is 5.56 Å². The molecule has 0 bridgehead atoms. The van der Waals surface area contributed by atoms with E-state index in [1.54, 1.807) is 24.4 Å². The number of aromatic nitrogens is 2. The van der Waals surface area contributed by atoms with Gasteiger partial charge in [-0.3, -0.25) is 9.55 Å². The van der Waals surface area contributed by atoms with Gasteiger partial charge in [0.05, 0.1) is 29.0 Å². The Balaban J connectivity index is 1.87. The highest BCUT2D eigenvalue weighted by Crippen LogP contribution is 2.34. The van der Waals surface area contributed by atoms with Gasteiger partial charge >= 0.3 is 7.60 Å². The van der Waals surface area contributed by atoms with E-state index < -0.39 is 13.4 Å². The maximum atomic E-state index is 14.3. The van der Waals surface area contributed by atoms with Crippen molar-refractivity contribution in [1.82, 2.24) is 9.55 Å². The molecule has 2 aromatic heterocycles. The largest absolute Gasteiger partial charge is 0.494 e. The predicted octanol–water partition coefficient (Wildman–Crippen LogP) is 3.19. The minimum absolute atomic E-state index is 0.0362. The Morgan fingerprint density at radius 1 is 1.15 bits per heavy atom. The van der Waals surface area contributed by atoms with Crippen molar-refractivity contribution in [2.45, 2.75) is 6.54 Å². The second-order valence-electron chi connectivity index (χ2n) is 6.17. The smallest absolute Gasteiger partial charge is 0.356 e. The molecule has 8 heteroatoms. The number of nitrogens with zero attached hydrogens (tertiary/aromatic N) is 2. The Morgan fingerprint density at radius 2 is 1.89 bits per heavy atom. The molecule has 0 radical (unpaired) electrons. The summed E-state index contributed by atoms with van der Waals surface area (Å²) in [6.07, 6.45) is 1.68. The summed E-state index contributed by atoms with van der Waals surface area (Å²) in [7, 11) is -2.87. The van der Waals surface area contributed by atoms with Crippen LogP contribution in [0.25, 0.3) is 21.9 Å². The highest BCUT2D eigenvalue weighted by molar-refractivity contribution is 7.60. The average molecular weight is 386 g/mol. The lowest BCUT2D eigenvalue weighted by Gasteiger charge is -2.10. The molecule has 6 nitrogen and oxygen atoms in total. The van der Waals surface area contributed by atoms with Gasteiger partial charge in [-0.2, -0.15) is 0 Å². The summed E-state index contributed by atoms with van der Waals surface area (Å²) in [6.45, 7) is 0.402. The molecule has 0 aliphatic carbocycles. The molecule has 0 atom stereocenters. The molecule has 0 saturated carbocycles. The van der Waals surface area contributed by atoms with Gasteiger partial charge in [-0.1, -0.05) is 12.1 Å². The highest BCUT2D eigenvalue weighted by Gasteiger charge is 2.18. The van der Waals surface area contributed by atoms with Crippen molar-refractivity contribution in [3.63, 3.8) is 0 Å². The molecule has 0 aliphatic heterocycles. The molecule has 0 saturated heterocycles. The highest BCUT2D eigenvalue weighted by atomic mass is 31.2. The molecule has 0 unspecified atom stereocenters. The molecule has 4 aromatic rings. The molecular weight excluding hydrogens is 370 g/mol. The van der Waals surface area contributed by atoms with E-state index in [2.05, 4.69) is 4.98 Å². The van der Waals surface area contributed by atoms with E-state index in [-0.39, 0.29) is 11.1 Å². The normalized spacial score (nSPS) is 12.0. The molecule has 4 rings (SSSR count). The predicted molar refractivity (Wildman–Crippen MR) is 101 cm³/mol. The Hall–Kier alpha value is -2.73. The van der Waals surface area contributed by atoms with Crippen LogP contribution in [0.4, 0.5) is 4.39 Å². The molecular formula is C19H16FN2O4P. The number of methoxy groups -OCH3 is 1. The molecule has 2 heterocycles. The molecule has 0 amide bonds. The zero-order valence-electron chi connectivity index (χ0n) is 14.3. The van der Waals surface area contributed by atoms with Gasteiger partial charge in [-0.15, -0.1) is 0 Å². The van der Waals surface area contributed by atoms with E-state index in [4.69, 9.17) is 4.74 Å². The molecule has 27 heavy (non-hydrogen) atoms. The van der Waals surface area contributed by atoms with E-state index in [9.17, 15) is 18.7 Å². The third-order valence-corrected chi connectivity index (χ3v) is 5.48. The summed E-state index contributed by atoms with van der Waals surface area (Å²) >= 11 is 0. The molecule has 0 fully saturated rings. The van der Waals surface area contributed by atoms with Crippen molar-refractivity contribution < 1.29 is 23.5 Å². The van der Waals surface area contributed by atoms with Crippen LogP contribution >= 0.6 is 7.60 Å². The number of halogens is 1. The minimum atomic E-state index is -4.28. The third-order valence-electron chi connectivity index (χ3n) is 4.51. The first kappa shape index (κ1) is 17.7. The Kier molecular flexibility index (Phi) is 4.23. The molecule has 2 aromatic carbocycles. The van der Waals surface area contributed by atoms with Gasteiger partial charge in [-0.05, 0) is 35.9 Å². The number of hydrogen-bond donors (Lipinski definition) is 2. The SMILES string of the molecule is COc1cc2c3ncccc3n(Cc3ccc(P(=O)(O)O)cc3)c2cc1F. The van der Waals surface area contributed by atoms with Gasteiger partial charge in [0.2, 0.25) is 0 Å². The molecule has 0 spiro atoms. The lowest BCUT2D eigenvalue weighted by molar-refractivity contribution is 0.387. The Labute approximate surface area is 154 Å². The summed E-state index contributed by atoms with van der Waals surface area (Å²) in [5, 5.41) is 0.738. The first-order valence-corrected chi connectivity index (χ1v) is 9.75. The van der Waals surface area contributed by atoms with E-state index in [1.165, 1.54) is 25.3 Å². The van der Waals surface area contributed by atoms with Crippen LogP contribution in [-0.4, -0.2) is 26.4 Å². The molecule has 138 valence electrons. The van der Waals surface area contributed by atoms with Gasteiger partial charge in [0.25, 0.3) is 0 Å².